The maximum Gasteiger partial charge on any atom is 2.00 e. The minimum absolute atomic E-state index is 0. The van der Waals surface area contributed by atoms with Crippen molar-refractivity contribution in [3.05, 3.63) is 40.2 Å². The average Bonchev–Trinajstić information content (AvgIpc) is 2.79. The van der Waals surface area contributed by atoms with Gasteiger partial charge in [-0.25, -0.2) is 0 Å². The topological polar surface area (TPSA) is 383 Å². The number of carbonyl (C=O) groups is 4. The van der Waals surface area contributed by atoms with Gasteiger partial charge in [-0.15, -0.1) is 0 Å². The second-order valence-corrected chi connectivity index (χ2v) is 7.41. The fraction of sp³-hybridized carbons (Fsp3) is 0.300. The number of amides is 2. The van der Waals surface area contributed by atoms with Crippen molar-refractivity contribution in [1.29, 1.82) is 0 Å². The number of carboxylic acid groups (broad SMARTS) is 2. The van der Waals surface area contributed by atoms with Crippen LogP contribution >= 0.6 is 0 Å². The molecule has 1 aromatic carbocycles. The second kappa shape index (κ2) is 19.5. The number of aliphatic carboxylic acids is 2. The van der Waals surface area contributed by atoms with E-state index in [1.165, 1.54) is 17.0 Å². The first-order valence-electron chi connectivity index (χ1n) is 10.1. The number of hydrogen-bond acceptors (Lipinski definition) is 11. The van der Waals surface area contributed by atoms with Crippen molar-refractivity contribution < 1.29 is 56.8 Å². The Morgan fingerprint density at radius 2 is 1.73 bits per heavy atom. The molecule has 0 radical (unpaired) electrons. The number of nitrogens with zero attached hydrogens (tertiary/aromatic N) is 2. The van der Waals surface area contributed by atoms with Gasteiger partial charge in [0.05, 0.1) is 18.1 Å². The van der Waals surface area contributed by atoms with Crippen LogP contribution in [0.15, 0.2) is 29.1 Å². The molecule has 19 nitrogen and oxygen atoms in total. The molecule has 0 spiro atoms. The number of fused-ring (bicyclic) bond motifs is 1. The van der Waals surface area contributed by atoms with E-state index in [9.17, 15) is 34.2 Å². The zero-order valence-corrected chi connectivity index (χ0v) is 23.1. The van der Waals surface area contributed by atoms with E-state index in [0.29, 0.717) is 18.6 Å². The molecular formula is C20H31CaN7O12. The van der Waals surface area contributed by atoms with Gasteiger partial charge < -0.3 is 73.8 Å². The second-order valence-electron chi connectivity index (χ2n) is 7.41. The number of hydrogen-bond donors (Lipinski definition) is 5. The van der Waals surface area contributed by atoms with Gasteiger partial charge in [-0.2, -0.15) is 4.98 Å². The summed E-state index contributed by atoms with van der Waals surface area (Å²) in [6.07, 6.45) is -0.386. The molecule has 3 rings (SSSR count). The van der Waals surface area contributed by atoms with Gasteiger partial charge in [0.1, 0.15) is 0 Å². The Hall–Kier alpha value is -3.56. The number of aromatic nitrogens is 2. The number of anilines is 4. The molecule has 0 fully saturated rings. The van der Waals surface area contributed by atoms with Crippen molar-refractivity contribution in [2.24, 2.45) is 0 Å². The van der Waals surface area contributed by atoms with E-state index in [4.69, 9.17) is 5.73 Å². The molecule has 0 unspecified atom stereocenters. The molecule has 220 valence electrons. The van der Waals surface area contributed by atoms with Gasteiger partial charge in [0.2, 0.25) is 12.4 Å². The van der Waals surface area contributed by atoms with Gasteiger partial charge in [0.15, 0.2) is 11.5 Å². The molecule has 0 bridgehead atoms. The van der Waals surface area contributed by atoms with Gasteiger partial charge in [-0.1, -0.05) is 0 Å². The number of carboxylic acids is 2. The number of benzene rings is 1. The van der Waals surface area contributed by atoms with Crippen LogP contribution in [0.4, 0.5) is 23.1 Å². The van der Waals surface area contributed by atoms with Crippen LogP contribution in [0.3, 0.4) is 0 Å². The molecule has 2 aromatic rings. The van der Waals surface area contributed by atoms with E-state index in [0.717, 1.165) is 0 Å². The summed E-state index contributed by atoms with van der Waals surface area (Å²) in [6, 6.07) is 4.08. The van der Waals surface area contributed by atoms with Crippen LogP contribution < -0.4 is 42.4 Å². The summed E-state index contributed by atoms with van der Waals surface area (Å²) in [4.78, 5) is 65.4. The Kier molecular flexibility index (Phi) is 21.2. The van der Waals surface area contributed by atoms with Crippen LogP contribution in [0.1, 0.15) is 23.2 Å². The van der Waals surface area contributed by atoms with Gasteiger partial charge >= 0.3 is 37.7 Å². The summed E-state index contributed by atoms with van der Waals surface area (Å²) >= 11 is 0. The van der Waals surface area contributed by atoms with Gasteiger partial charge in [0.25, 0.3) is 11.5 Å². The molecule has 40 heavy (non-hydrogen) atoms. The third-order valence-corrected chi connectivity index (χ3v) is 5.10. The predicted octanol–water partition coefficient (Wildman–Crippen LogP) is -7.90. The molecule has 2 heterocycles. The Labute approximate surface area is 255 Å². The van der Waals surface area contributed by atoms with Crippen LogP contribution in [-0.2, 0) is 14.4 Å². The number of aromatic amines is 1. The largest absolute Gasteiger partial charge is 2.00 e. The smallest absolute Gasteiger partial charge is 0.550 e. The molecule has 0 saturated heterocycles. The fourth-order valence-electron chi connectivity index (χ4n) is 3.38. The Morgan fingerprint density at radius 3 is 2.25 bits per heavy atom. The fourth-order valence-corrected chi connectivity index (χ4v) is 3.38. The number of nitrogen functional groups attached to an aromatic ring is 1. The van der Waals surface area contributed by atoms with Crippen molar-refractivity contribution >= 4 is 85.1 Å². The standard InChI is InChI=1S/C20H23N7O7.Ca.5H2O/c21-20-25-16-15(18(32)26-20)27(9-28)12(8-23-16)7-22-11-3-1-10(2-4-11)17(31)24-13(19(33)34)5-6-14(29)30;;;;;;/h1-4,9,12-13,22H,5-8H2,(H,24,31)(H,29,30)(H,33,34)(H4,21,23,25,26,32);;5*1H2/q;+2;;;;;/p-2/t12-,13+;;;;;;/m0....../s1. The number of rotatable bonds is 10. The third kappa shape index (κ3) is 10.9. The van der Waals surface area contributed by atoms with Crippen LogP contribution in [0, 0.1) is 0 Å². The van der Waals surface area contributed by atoms with Crippen molar-refractivity contribution in [3.8, 4) is 0 Å². The first-order valence-corrected chi connectivity index (χ1v) is 10.1. The van der Waals surface area contributed by atoms with E-state index in [-0.39, 0.29) is 101 Å². The number of nitrogens with two attached hydrogens (primary N) is 1. The molecule has 0 saturated carbocycles. The van der Waals surface area contributed by atoms with Gasteiger partial charge in [-0.3, -0.25) is 19.4 Å². The summed E-state index contributed by atoms with van der Waals surface area (Å²) in [7, 11) is 0. The molecule has 1 aliphatic heterocycles. The van der Waals surface area contributed by atoms with Crippen molar-refractivity contribution in [2.75, 3.05) is 34.4 Å². The first kappa shape index (κ1) is 43.5. The Balaban J connectivity index is -0.00000108. The number of H-pyrrole nitrogens is 1. The third-order valence-electron chi connectivity index (χ3n) is 5.10. The zero-order chi connectivity index (χ0) is 24.8. The van der Waals surface area contributed by atoms with Crippen molar-refractivity contribution in [1.82, 2.24) is 15.3 Å². The maximum absolute atomic E-state index is 12.3. The summed E-state index contributed by atoms with van der Waals surface area (Å²) in [5.74, 6) is -3.63. The Morgan fingerprint density at radius 1 is 1.12 bits per heavy atom. The van der Waals surface area contributed by atoms with Gasteiger partial charge in [0, 0.05) is 30.3 Å². The molecular weight excluding hydrogens is 570 g/mol. The van der Waals surface area contributed by atoms with Crippen molar-refractivity contribution in [3.63, 3.8) is 0 Å². The SMILES string of the molecule is Nc1nc2c(c(=O)[nH]1)N(C=O)[C@@H](CNc1ccc(C(=O)N[C@H](CCC(=O)[O-])C(=O)[O-])cc1)CN2.O.O.O.O.O.[Ca+2]. The summed E-state index contributed by atoms with van der Waals surface area (Å²) in [5, 5.41) is 29.9. The maximum atomic E-state index is 12.3. The molecule has 1 aromatic heterocycles. The molecule has 20 heteroatoms. The van der Waals surface area contributed by atoms with E-state index in [1.54, 1.807) is 12.1 Å². The van der Waals surface area contributed by atoms with Crippen LogP contribution in [-0.4, -0.2) is 125 Å². The molecule has 2 amide bonds. The monoisotopic (exact) mass is 601 g/mol. The van der Waals surface area contributed by atoms with E-state index in [1.807, 2.05) is 0 Å². The summed E-state index contributed by atoms with van der Waals surface area (Å²) in [6.45, 7) is 0.544. The molecule has 2 atom stereocenters. The summed E-state index contributed by atoms with van der Waals surface area (Å²) in [5.41, 5.74) is 5.75. The molecule has 1 aliphatic rings. The normalized spacial score (nSPS) is 13.1. The van der Waals surface area contributed by atoms with Crippen LogP contribution in [0.2, 0.25) is 0 Å². The molecule has 0 aliphatic carbocycles. The first-order chi connectivity index (χ1) is 16.2. The van der Waals surface area contributed by atoms with E-state index < -0.39 is 41.9 Å². The predicted molar refractivity (Wildman–Crippen MR) is 139 cm³/mol. The van der Waals surface area contributed by atoms with E-state index in [2.05, 4.69) is 25.9 Å². The van der Waals surface area contributed by atoms with Crippen molar-refractivity contribution in [2.45, 2.75) is 24.9 Å². The van der Waals surface area contributed by atoms with Crippen LogP contribution in [0.5, 0.6) is 0 Å². The van der Waals surface area contributed by atoms with Gasteiger partial charge in [-0.05, 0) is 37.1 Å². The minimum Gasteiger partial charge on any atom is -0.550 e. The number of nitrogens with one attached hydrogen (secondary N) is 4. The summed E-state index contributed by atoms with van der Waals surface area (Å²) < 4.78 is 0. The quantitative estimate of drug-likeness (QED) is 0.126. The van der Waals surface area contributed by atoms with Crippen LogP contribution in [0.25, 0.3) is 0 Å². The number of carbonyl (C=O) groups excluding carboxylic acids is 4. The Bertz CT molecular complexity index is 1170. The zero-order valence-electron chi connectivity index (χ0n) is 20.9. The minimum atomic E-state index is -1.60. The molecule has 16 N–H and O–H groups in total. The van der Waals surface area contributed by atoms with E-state index >= 15 is 0 Å². The average molecular weight is 602 g/mol.